The Kier molecular flexibility index (Phi) is 4.32. The molecule has 114 valence electrons. The van der Waals surface area contributed by atoms with Crippen molar-refractivity contribution < 1.29 is 15.0 Å². The summed E-state index contributed by atoms with van der Waals surface area (Å²) in [6.45, 7) is 8.21. The van der Waals surface area contributed by atoms with Crippen LogP contribution in [0.25, 0.3) is 11.0 Å². The number of nitrogens with zero attached hydrogens (tertiary/aromatic N) is 2. The summed E-state index contributed by atoms with van der Waals surface area (Å²) in [4.78, 5) is 15.8. The van der Waals surface area contributed by atoms with Crippen molar-refractivity contribution >= 4 is 17.0 Å². The van der Waals surface area contributed by atoms with Crippen LogP contribution in [-0.4, -0.2) is 32.3 Å². The van der Waals surface area contributed by atoms with Crippen LogP contribution in [0, 0.1) is 5.92 Å². The van der Waals surface area contributed by atoms with Crippen LogP contribution in [0.15, 0.2) is 18.2 Å². The fourth-order valence-corrected chi connectivity index (χ4v) is 2.49. The molecular formula is C16H22N2O3. The summed E-state index contributed by atoms with van der Waals surface area (Å²) in [6, 6.07) is 5.03. The highest BCUT2D eigenvalue weighted by Crippen LogP contribution is 2.30. The third kappa shape index (κ3) is 2.78. The molecule has 1 aromatic heterocycles. The molecule has 1 heterocycles. The average Bonchev–Trinajstić information content (AvgIpc) is 2.84. The molecule has 2 aromatic rings. The van der Waals surface area contributed by atoms with Crippen LogP contribution < -0.4 is 0 Å². The third-order valence-electron chi connectivity index (χ3n) is 4.00. The van der Waals surface area contributed by atoms with Crippen LogP contribution in [0.1, 0.15) is 55.8 Å². The third-order valence-corrected chi connectivity index (χ3v) is 4.00. The largest absolute Gasteiger partial charge is 0.478 e. The van der Waals surface area contributed by atoms with E-state index in [4.69, 9.17) is 0 Å². The number of aromatic carboxylic acids is 1. The number of aliphatic hydroxyl groups is 1. The van der Waals surface area contributed by atoms with Crippen molar-refractivity contribution in [2.24, 2.45) is 5.92 Å². The van der Waals surface area contributed by atoms with E-state index in [1.165, 1.54) is 0 Å². The maximum atomic E-state index is 11.2. The van der Waals surface area contributed by atoms with Crippen molar-refractivity contribution in [2.45, 2.75) is 39.7 Å². The molecule has 5 nitrogen and oxygen atoms in total. The fraction of sp³-hybridized carbons (Fsp3) is 0.500. The first kappa shape index (κ1) is 15.5. The lowest BCUT2D eigenvalue weighted by atomic mass is 10.0. The molecule has 21 heavy (non-hydrogen) atoms. The van der Waals surface area contributed by atoms with E-state index in [-0.39, 0.29) is 30.0 Å². The van der Waals surface area contributed by atoms with Gasteiger partial charge < -0.3 is 14.8 Å². The maximum Gasteiger partial charge on any atom is 0.335 e. The summed E-state index contributed by atoms with van der Waals surface area (Å²) in [5, 5.41) is 18.6. The van der Waals surface area contributed by atoms with Gasteiger partial charge in [0.2, 0.25) is 0 Å². The van der Waals surface area contributed by atoms with Crippen molar-refractivity contribution in [1.29, 1.82) is 0 Å². The molecule has 2 atom stereocenters. The van der Waals surface area contributed by atoms with Gasteiger partial charge in [0.25, 0.3) is 0 Å². The second-order valence-corrected chi connectivity index (χ2v) is 5.90. The summed E-state index contributed by atoms with van der Waals surface area (Å²) < 4.78 is 2.06. The van der Waals surface area contributed by atoms with Crippen LogP contribution in [0.2, 0.25) is 0 Å². The summed E-state index contributed by atoms with van der Waals surface area (Å²) in [5.74, 6) is 0.256. The number of aliphatic hydroxyl groups excluding tert-OH is 1. The number of carbonyl (C=O) groups is 1. The number of fused-ring (bicyclic) bond motifs is 1. The van der Waals surface area contributed by atoms with Crippen molar-refractivity contribution in [3.05, 3.63) is 29.6 Å². The van der Waals surface area contributed by atoms with Crippen molar-refractivity contribution in [2.75, 3.05) is 6.61 Å². The van der Waals surface area contributed by atoms with E-state index in [1.54, 1.807) is 18.2 Å². The zero-order valence-corrected chi connectivity index (χ0v) is 12.9. The molecule has 0 aliphatic rings. The van der Waals surface area contributed by atoms with E-state index in [0.717, 1.165) is 16.9 Å². The van der Waals surface area contributed by atoms with Crippen molar-refractivity contribution in [3.8, 4) is 0 Å². The van der Waals surface area contributed by atoms with E-state index in [0.29, 0.717) is 0 Å². The smallest absolute Gasteiger partial charge is 0.335 e. The van der Waals surface area contributed by atoms with Gasteiger partial charge in [0.1, 0.15) is 5.82 Å². The van der Waals surface area contributed by atoms with Gasteiger partial charge in [-0.15, -0.1) is 0 Å². The Bertz CT molecular complexity index is 661. The number of imidazole rings is 1. The van der Waals surface area contributed by atoms with Gasteiger partial charge in [-0.05, 0) is 31.0 Å². The van der Waals surface area contributed by atoms with Crippen molar-refractivity contribution in [3.63, 3.8) is 0 Å². The van der Waals surface area contributed by atoms with Gasteiger partial charge in [0.15, 0.2) is 0 Å². The SMILES string of the molecule is CC(C)c1nc2ccc(C(=O)O)cc2n1C(C)C(C)CO. The van der Waals surface area contributed by atoms with Crippen LogP contribution in [-0.2, 0) is 0 Å². The molecule has 2 unspecified atom stereocenters. The van der Waals surface area contributed by atoms with E-state index in [9.17, 15) is 15.0 Å². The van der Waals surface area contributed by atoms with Crippen LogP contribution in [0.5, 0.6) is 0 Å². The minimum Gasteiger partial charge on any atom is -0.478 e. The Balaban J connectivity index is 2.70. The summed E-state index contributed by atoms with van der Waals surface area (Å²) in [6.07, 6.45) is 0. The average molecular weight is 290 g/mol. The Hall–Kier alpha value is -1.88. The van der Waals surface area contributed by atoms with Gasteiger partial charge in [-0.1, -0.05) is 20.8 Å². The zero-order chi connectivity index (χ0) is 15.7. The Morgan fingerprint density at radius 3 is 2.48 bits per heavy atom. The molecule has 5 heteroatoms. The van der Waals surface area contributed by atoms with Crippen LogP contribution in [0.3, 0.4) is 0 Å². The van der Waals surface area contributed by atoms with E-state index < -0.39 is 5.97 Å². The first-order chi connectivity index (χ1) is 9.86. The molecule has 2 N–H and O–H groups in total. The molecule has 0 spiro atoms. The lowest BCUT2D eigenvalue weighted by molar-refractivity contribution is 0.0697. The minimum atomic E-state index is -0.946. The van der Waals surface area contributed by atoms with Crippen LogP contribution >= 0.6 is 0 Å². The van der Waals surface area contributed by atoms with Gasteiger partial charge in [0.05, 0.1) is 16.6 Å². The second kappa shape index (κ2) is 5.85. The molecule has 0 aliphatic heterocycles. The molecule has 2 rings (SSSR count). The number of carboxylic acid groups (broad SMARTS) is 1. The lowest BCUT2D eigenvalue weighted by Crippen LogP contribution is -2.19. The Morgan fingerprint density at radius 2 is 1.95 bits per heavy atom. The summed E-state index contributed by atoms with van der Waals surface area (Å²) >= 11 is 0. The number of benzene rings is 1. The fourth-order valence-electron chi connectivity index (χ4n) is 2.49. The molecule has 0 saturated carbocycles. The first-order valence-electron chi connectivity index (χ1n) is 7.22. The summed E-state index contributed by atoms with van der Waals surface area (Å²) in [7, 11) is 0. The second-order valence-electron chi connectivity index (χ2n) is 5.90. The van der Waals surface area contributed by atoms with E-state index in [1.807, 2.05) is 13.8 Å². The molecule has 0 bridgehead atoms. The minimum absolute atomic E-state index is 0.0430. The van der Waals surface area contributed by atoms with Gasteiger partial charge in [-0.3, -0.25) is 0 Å². The predicted molar refractivity (Wildman–Crippen MR) is 81.7 cm³/mol. The van der Waals surface area contributed by atoms with E-state index >= 15 is 0 Å². The number of carboxylic acids is 1. The standard InChI is InChI=1S/C16H22N2O3/c1-9(2)15-17-13-6-5-12(16(20)21)7-14(13)18(15)11(4)10(3)8-19/h5-7,9-11,19H,8H2,1-4H3,(H,20,21). The molecule has 1 aromatic carbocycles. The Morgan fingerprint density at radius 1 is 1.29 bits per heavy atom. The summed E-state index contributed by atoms with van der Waals surface area (Å²) in [5.41, 5.74) is 1.86. The van der Waals surface area contributed by atoms with Gasteiger partial charge >= 0.3 is 5.97 Å². The highest BCUT2D eigenvalue weighted by molar-refractivity contribution is 5.92. The number of hydrogen-bond acceptors (Lipinski definition) is 3. The number of aromatic nitrogens is 2. The molecule has 0 radical (unpaired) electrons. The van der Waals surface area contributed by atoms with Gasteiger partial charge in [-0.25, -0.2) is 9.78 Å². The van der Waals surface area contributed by atoms with Gasteiger partial charge in [0, 0.05) is 18.6 Å². The highest BCUT2D eigenvalue weighted by Gasteiger charge is 2.22. The predicted octanol–water partition coefficient (Wildman–Crippen LogP) is 3.05. The molecule has 0 aliphatic carbocycles. The highest BCUT2D eigenvalue weighted by atomic mass is 16.4. The lowest BCUT2D eigenvalue weighted by Gasteiger charge is -2.23. The van der Waals surface area contributed by atoms with E-state index in [2.05, 4.69) is 23.4 Å². The van der Waals surface area contributed by atoms with Crippen LogP contribution in [0.4, 0.5) is 0 Å². The monoisotopic (exact) mass is 290 g/mol. The quantitative estimate of drug-likeness (QED) is 0.887. The number of rotatable bonds is 5. The number of hydrogen-bond donors (Lipinski definition) is 2. The molecule has 0 saturated heterocycles. The molecular weight excluding hydrogens is 268 g/mol. The molecule has 0 amide bonds. The van der Waals surface area contributed by atoms with Gasteiger partial charge in [-0.2, -0.15) is 0 Å². The Labute approximate surface area is 124 Å². The zero-order valence-electron chi connectivity index (χ0n) is 12.9. The topological polar surface area (TPSA) is 75.3 Å². The van der Waals surface area contributed by atoms with Crippen molar-refractivity contribution in [1.82, 2.24) is 9.55 Å². The first-order valence-corrected chi connectivity index (χ1v) is 7.22. The normalized spacial score (nSPS) is 14.6. The molecule has 0 fully saturated rings. The maximum absolute atomic E-state index is 11.2.